The molecule has 0 unspecified atom stereocenters. The van der Waals surface area contributed by atoms with Crippen LogP contribution in [0.5, 0.6) is 0 Å². The number of nitrogen functional groups attached to an aromatic ring is 1. The smallest absolute Gasteiger partial charge is 0.220 e. The first kappa shape index (κ1) is 15.4. The van der Waals surface area contributed by atoms with Crippen molar-refractivity contribution in [1.29, 1.82) is 0 Å². The highest BCUT2D eigenvalue weighted by molar-refractivity contribution is 7.99. The molecular weight excluding hydrogens is 280 g/mol. The Labute approximate surface area is 129 Å². The summed E-state index contributed by atoms with van der Waals surface area (Å²) in [5.41, 5.74) is 7.65. The molecule has 0 atom stereocenters. The van der Waals surface area contributed by atoms with Gasteiger partial charge < -0.3 is 11.1 Å². The lowest BCUT2D eigenvalue weighted by atomic mass is 10.1. The van der Waals surface area contributed by atoms with Crippen molar-refractivity contribution < 1.29 is 4.79 Å². The topological polar surface area (TPSA) is 55.1 Å². The quantitative estimate of drug-likeness (QED) is 0.469. The number of aryl methyl sites for hydroxylation is 1. The molecule has 2 aromatic rings. The summed E-state index contributed by atoms with van der Waals surface area (Å²) in [6, 6.07) is 17.9. The molecule has 0 radical (unpaired) electrons. The van der Waals surface area contributed by atoms with Crippen LogP contribution >= 0.6 is 11.8 Å². The lowest BCUT2D eigenvalue weighted by Crippen LogP contribution is -2.25. The molecule has 2 rings (SSSR count). The zero-order chi connectivity index (χ0) is 14.9. The fourth-order valence-electron chi connectivity index (χ4n) is 1.97. The Morgan fingerprint density at radius 2 is 1.76 bits per heavy atom. The molecule has 0 aromatic heterocycles. The third-order valence-electron chi connectivity index (χ3n) is 3.11. The van der Waals surface area contributed by atoms with E-state index in [4.69, 9.17) is 5.73 Å². The molecule has 21 heavy (non-hydrogen) atoms. The van der Waals surface area contributed by atoms with Crippen molar-refractivity contribution >= 4 is 23.4 Å². The number of hydrogen-bond acceptors (Lipinski definition) is 3. The fourth-order valence-corrected chi connectivity index (χ4v) is 2.76. The minimum Gasteiger partial charge on any atom is -0.399 e. The maximum Gasteiger partial charge on any atom is 0.220 e. The average Bonchev–Trinajstić information content (AvgIpc) is 2.52. The molecule has 0 aliphatic heterocycles. The van der Waals surface area contributed by atoms with Crippen molar-refractivity contribution in [2.45, 2.75) is 17.7 Å². The largest absolute Gasteiger partial charge is 0.399 e. The highest BCUT2D eigenvalue weighted by Crippen LogP contribution is 2.16. The highest BCUT2D eigenvalue weighted by Gasteiger charge is 2.04. The molecule has 110 valence electrons. The van der Waals surface area contributed by atoms with Crippen molar-refractivity contribution in [2.24, 2.45) is 0 Å². The predicted octanol–water partition coefficient (Wildman–Crippen LogP) is 3.11. The van der Waals surface area contributed by atoms with Crippen LogP contribution in [0.3, 0.4) is 0 Å². The van der Waals surface area contributed by atoms with Gasteiger partial charge in [0, 0.05) is 29.3 Å². The fraction of sp³-hybridized carbons (Fsp3) is 0.235. The number of nitrogens with two attached hydrogens (primary N) is 1. The Balaban J connectivity index is 1.63. The molecule has 0 saturated heterocycles. The number of para-hydroxylation sites is 1. The first-order valence-corrected chi connectivity index (χ1v) is 8.02. The Bertz CT molecular complexity index is 572. The molecule has 3 nitrogen and oxygen atoms in total. The van der Waals surface area contributed by atoms with E-state index in [1.165, 1.54) is 4.90 Å². The maximum absolute atomic E-state index is 11.8. The molecule has 4 heteroatoms. The van der Waals surface area contributed by atoms with Gasteiger partial charge >= 0.3 is 0 Å². The van der Waals surface area contributed by atoms with Gasteiger partial charge in [0.1, 0.15) is 0 Å². The third kappa shape index (κ3) is 5.52. The van der Waals surface area contributed by atoms with E-state index in [1.54, 1.807) is 11.8 Å². The molecule has 0 heterocycles. The summed E-state index contributed by atoms with van der Waals surface area (Å²) in [6.07, 6.45) is 1.16. The van der Waals surface area contributed by atoms with E-state index in [9.17, 15) is 4.79 Å². The molecular formula is C17H20N2OS. The van der Waals surface area contributed by atoms with E-state index in [1.807, 2.05) is 42.5 Å². The summed E-state index contributed by atoms with van der Waals surface area (Å²) < 4.78 is 0. The number of carbonyl (C=O) groups is 1. The number of hydrogen-bond donors (Lipinski definition) is 2. The first-order valence-electron chi connectivity index (χ1n) is 7.03. The van der Waals surface area contributed by atoms with Crippen molar-refractivity contribution in [3.63, 3.8) is 0 Å². The average molecular weight is 300 g/mol. The van der Waals surface area contributed by atoms with E-state index in [2.05, 4.69) is 17.4 Å². The summed E-state index contributed by atoms with van der Waals surface area (Å²) in [7, 11) is 0. The van der Waals surface area contributed by atoms with Crippen LogP contribution in [-0.2, 0) is 11.2 Å². The number of anilines is 1. The molecule has 1 amide bonds. The minimum atomic E-state index is 0.0758. The molecule has 0 bridgehead atoms. The second-order valence-corrected chi connectivity index (χ2v) is 5.88. The zero-order valence-corrected chi connectivity index (χ0v) is 12.7. The van der Waals surface area contributed by atoms with Gasteiger partial charge in [0.05, 0.1) is 0 Å². The van der Waals surface area contributed by atoms with Crippen molar-refractivity contribution in [3.05, 3.63) is 60.2 Å². The Morgan fingerprint density at radius 1 is 1.05 bits per heavy atom. The lowest BCUT2D eigenvalue weighted by molar-refractivity contribution is -0.120. The second kappa shape index (κ2) is 8.37. The van der Waals surface area contributed by atoms with E-state index >= 15 is 0 Å². The van der Waals surface area contributed by atoms with Crippen molar-refractivity contribution in [2.75, 3.05) is 18.0 Å². The molecule has 0 aliphatic carbocycles. The van der Waals surface area contributed by atoms with E-state index < -0.39 is 0 Å². The van der Waals surface area contributed by atoms with Crippen LogP contribution in [0.2, 0.25) is 0 Å². The second-order valence-electron chi connectivity index (χ2n) is 4.71. The molecule has 0 spiro atoms. The Hall–Kier alpha value is -1.94. The van der Waals surface area contributed by atoms with Crippen LogP contribution in [0.15, 0.2) is 59.5 Å². The number of amides is 1. The SMILES string of the molecule is Nc1ccccc1CCC(=O)NCCSc1ccccc1. The predicted molar refractivity (Wildman–Crippen MR) is 89.4 cm³/mol. The standard InChI is InChI=1S/C17H20N2OS/c18-16-9-5-4-6-14(16)10-11-17(20)19-12-13-21-15-7-2-1-3-8-15/h1-9H,10-13,18H2,(H,19,20). The van der Waals surface area contributed by atoms with Crippen LogP contribution < -0.4 is 11.1 Å². The van der Waals surface area contributed by atoms with Crippen LogP contribution in [0.4, 0.5) is 5.69 Å². The van der Waals surface area contributed by atoms with Gasteiger partial charge in [-0.1, -0.05) is 36.4 Å². The van der Waals surface area contributed by atoms with Crippen LogP contribution in [0.1, 0.15) is 12.0 Å². The summed E-state index contributed by atoms with van der Waals surface area (Å²) in [5.74, 6) is 0.954. The van der Waals surface area contributed by atoms with Gasteiger partial charge in [-0.05, 0) is 30.2 Å². The van der Waals surface area contributed by atoms with Gasteiger partial charge in [0.2, 0.25) is 5.91 Å². The third-order valence-corrected chi connectivity index (χ3v) is 4.13. The van der Waals surface area contributed by atoms with Gasteiger partial charge in [-0.2, -0.15) is 0 Å². The molecule has 0 saturated carbocycles. The molecule has 0 aliphatic rings. The summed E-state index contributed by atoms with van der Waals surface area (Å²) in [4.78, 5) is 13.0. The van der Waals surface area contributed by atoms with Crippen molar-refractivity contribution in [1.82, 2.24) is 5.32 Å². The Kier molecular flexibility index (Phi) is 6.16. The number of rotatable bonds is 7. The lowest BCUT2D eigenvalue weighted by Gasteiger charge is -2.07. The maximum atomic E-state index is 11.8. The molecule has 2 aromatic carbocycles. The van der Waals surface area contributed by atoms with E-state index in [-0.39, 0.29) is 5.91 Å². The molecule has 3 N–H and O–H groups in total. The van der Waals surface area contributed by atoms with E-state index in [0.29, 0.717) is 19.4 Å². The monoisotopic (exact) mass is 300 g/mol. The summed E-state index contributed by atoms with van der Waals surface area (Å²) in [6.45, 7) is 0.683. The van der Waals surface area contributed by atoms with Gasteiger partial charge in [0.25, 0.3) is 0 Å². The van der Waals surface area contributed by atoms with Gasteiger partial charge in [0.15, 0.2) is 0 Å². The van der Waals surface area contributed by atoms with Crippen LogP contribution in [0, 0.1) is 0 Å². The van der Waals surface area contributed by atoms with E-state index in [0.717, 1.165) is 17.0 Å². The van der Waals surface area contributed by atoms with Crippen LogP contribution in [-0.4, -0.2) is 18.2 Å². The summed E-state index contributed by atoms with van der Waals surface area (Å²) >= 11 is 1.74. The normalized spacial score (nSPS) is 10.3. The van der Waals surface area contributed by atoms with Gasteiger partial charge in [-0.3, -0.25) is 4.79 Å². The highest BCUT2D eigenvalue weighted by atomic mass is 32.2. The Morgan fingerprint density at radius 3 is 2.52 bits per heavy atom. The number of carbonyl (C=O) groups excluding carboxylic acids is 1. The minimum absolute atomic E-state index is 0.0758. The van der Waals surface area contributed by atoms with Crippen LogP contribution in [0.25, 0.3) is 0 Å². The van der Waals surface area contributed by atoms with Crippen molar-refractivity contribution in [3.8, 4) is 0 Å². The first-order chi connectivity index (χ1) is 10.3. The number of nitrogens with one attached hydrogen (secondary N) is 1. The number of thioether (sulfide) groups is 1. The molecule has 0 fully saturated rings. The summed E-state index contributed by atoms with van der Waals surface area (Å²) in [5, 5.41) is 2.94. The zero-order valence-electron chi connectivity index (χ0n) is 11.9. The van der Waals surface area contributed by atoms with Gasteiger partial charge in [-0.25, -0.2) is 0 Å². The number of benzene rings is 2. The van der Waals surface area contributed by atoms with Gasteiger partial charge in [-0.15, -0.1) is 11.8 Å².